The van der Waals surface area contributed by atoms with Crippen LogP contribution in [0.25, 0.3) is 0 Å². The van der Waals surface area contributed by atoms with Crippen molar-refractivity contribution in [2.45, 2.75) is 30.4 Å². The van der Waals surface area contributed by atoms with Crippen LogP contribution < -0.4 is 0 Å². The number of benzene rings is 1. The average molecular weight is 262 g/mol. The molecule has 1 aromatic carbocycles. The fourth-order valence-corrected chi connectivity index (χ4v) is 3.39. The Hall–Kier alpha value is -0.680. The standard InChI is InChI=1S/C12H13F3OS/c1-8-11(16,5-6-17-8)9-3-2-4-10(7-9)12(13,14)15/h2-4,7-8,16H,5-6H2,1H3. The molecule has 0 aliphatic carbocycles. The molecule has 1 nitrogen and oxygen atoms in total. The molecule has 1 N–H and O–H groups in total. The van der Waals surface area contributed by atoms with Crippen LogP contribution in [-0.2, 0) is 11.8 Å². The smallest absolute Gasteiger partial charge is 0.384 e. The van der Waals surface area contributed by atoms with Crippen LogP contribution in [0.2, 0.25) is 0 Å². The quantitative estimate of drug-likeness (QED) is 0.837. The monoisotopic (exact) mass is 262 g/mol. The van der Waals surface area contributed by atoms with Crippen LogP contribution in [-0.4, -0.2) is 16.1 Å². The molecule has 0 spiro atoms. The molecular weight excluding hydrogens is 249 g/mol. The van der Waals surface area contributed by atoms with Gasteiger partial charge in [-0.25, -0.2) is 0 Å². The Kier molecular flexibility index (Phi) is 3.16. The van der Waals surface area contributed by atoms with E-state index in [-0.39, 0.29) is 5.25 Å². The van der Waals surface area contributed by atoms with Gasteiger partial charge in [0.15, 0.2) is 0 Å². The van der Waals surface area contributed by atoms with Gasteiger partial charge >= 0.3 is 6.18 Å². The zero-order valence-electron chi connectivity index (χ0n) is 9.29. The topological polar surface area (TPSA) is 20.2 Å². The lowest BCUT2D eigenvalue weighted by atomic mass is 9.87. The maximum atomic E-state index is 12.6. The second-order valence-electron chi connectivity index (χ2n) is 4.27. The van der Waals surface area contributed by atoms with E-state index in [4.69, 9.17) is 0 Å². The number of rotatable bonds is 1. The van der Waals surface area contributed by atoms with Crippen LogP contribution in [0.1, 0.15) is 24.5 Å². The van der Waals surface area contributed by atoms with Crippen molar-refractivity contribution in [3.63, 3.8) is 0 Å². The van der Waals surface area contributed by atoms with Gasteiger partial charge in [0.25, 0.3) is 0 Å². The number of halogens is 3. The fourth-order valence-electron chi connectivity index (χ4n) is 2.08. The van der Waals surface area contributed by atoms with Crippen molar-refractivity contribution in [3.8, 4) is 0 Å². The molecule has 1 fully saturated rings. The molecule has 0 radical (unpaired) electrons. The minimum absolute atomic E-state index is 0.0778. The molecule has 1 heterocycles. The van der Waals surface area contributed by atoms with Gasteiger partial charge in [-0.05, 0) is 29.9 Å². The normalized spacial score (nSPS) is 29.6. The summed E-state index contributed by atoms with van der Waals surface area (Å²) in [5.41, 5.74) is -1.47. The second kappa shape index (κ2) is 4.21. The van der Waals surface area contributed by atoms with Crippen molar-refractivity contribution in [1.29, 1.82) is 0 Å². The Morgan fingerprint density at radius 1 is 1.41 bits per heavy atom. The van der Waals surface area contributed by atoms with Crippen LogP contribution in [0.3, 0.4) is 0 Å². The first kappa shape index (κ1) is 12.8. The summed E-state index contributed by atoms with van der Waals surface area (Å²) in [5.74, 6) is 0.772. The molecule has 1 aromatic rings. The third kappa shape index (κ3) is 2.31. The molecule has 94 valence electrons. The van der Waals surface area contributed by atoms with Gasteiger partial charge < -0.3 is 5.11 Å². The number of hydrogen-bond donors (Lipinski definition) is 1. The van der Waals surface area contributed by atoms with Crippen LogP contribution in [0.4, 0.5) is 13.2 Å². The van der Waals surface area contributed by atoms with E-state index in [0.29, 0.717) is 12.0 Å². The van der Waals surface area contributed by atoms with E-state index in [1.807, 2.05) is 6.92 Å². The van der Waals surface area contributed by atoms with Gasteiger partial charge in [-0.15, -0.1) is 0 Å². The van der Waals surface area contributed by atoms with E-state index in [1.54, 1.807) is 17.8 Å². The first-order valence-corrected chi connectivity index (χ1v) is 6.40. The Labute approximate surface area is 102 Å². The molecule has 0 bridgehead atoms. The third-order valence-corrected chi connectivity index (χ3v) is 4.54. The minimum Gasteiger partial charge on any atom is -0.384 e. The van der Waals surface area contributed by atoms with E-state index in [0.717, 1.165) is 17.9 Å². The predicted molar refractivity (Wildman–Crippen MR) is 61.9 cm³/mol. The number of hydrogen-bond acceptors (Lipinski definition) is 2. The number of thioether (sulfide) groups is 1. The lowest BCUT2D eigenvalue weighted by molar-refractivity contribution is -0.137. The first-order valence-electron chi connectivity index (χ1n) is 5.36. The van der Waals surface area contributed by atoms with Crippen molar-refractivity contribution >= 4 is 11.8 Å². The summed E-state index contributed by atoms with van der Waals surface area (Å²) >= 11 is 1.58. The molecule has 17 heavy (non-hydrogen) atoms. The van der Waals surface area contributed by atoms with Gasteiger partial charge in [0.1, 0.15) is 5.60 Å². The molecule has 0 saturated carbocycles. The third-order valence-electron chi connectivity index (χ3n) is 3.21. The van der Waals surface area contributed by atoms with Crippen molar-refractivity contribution < 1.29 is 18.3 Å². The highest BCUT2D eigenvalue weighted by Gasteiger charge is 2.41. The molecule has 2 unspecified atom stereocenters. The van der Waals surface area contributed by atoms with Gasteiger partial charge in [-0.2, -0.15) is 24.9 Å². The molecule has 0 amide bonds. The summed E-state index contributed by atoms with van der Waals surface area (Å²) < 4.78 is 37.8. The van der Waals surface area contributed by atoms with Gasteiger partial charge in [0, 0.05) is 5.25 Å². The molecule has 1 saturated heterocycles. The molecule has 1 aliphatic rings. The fraction of sp³-hybridized carbons (Fsp3) is 0.500. The van der Waals surface area contributed by atoms with Crippen LogP contribution in [0, 0.1) is 0 Å². The summed E-state index contributed by atoms with van der Waals surface area (Å²) in [6.07, 6.45) is -3.86. The summed E-state index contributed by atoms with van der Waals surface area (Å²) in [6, 6.07) is 5.01. The Bertz CT molecular complexity index is 418. The molecule has 0 aromatic heterocycles. The van der Waals surface area contributed by atoms with Gasteiger partial charge in [-0.1, -0.05) is 19.1 Å². The van der Waals surface area contributed by atoms with Crippen LogP contribution >= 0.6 is 11.8 Å². The lowest BCUT2D eigenvalue weighted by Crippen LogP contribution is -2.31. The van der Waals surface area contributed by atoms with Gasteiger partial charge in [0.05, 0.1) is 5.56 Å². The highest BCUT2D eigenvalue weighted by molar-refractivity contribution is 8.00. The van der Waals surface area contributed by atoms with Crippen molar-refractivity contribution in [2.24, 2.45) is 0 Å². The molecule has 2 rings (SSSR count). The predicted octanol–water partition coefficient (Wildman–Crippen LogP) is 3.42. The number of aliphatic hydroxyl groups is 1. The zero-order valence-corrected chi connectivity index (χ0v) is 10.1. The summed E-state index contributed by atoms with van der Waals surface area (Å²) in [4.78, 5) is 0. The van der Waals surface area contributed by atoms with Crippen molar-refractivity contribution in [3.05, 3.63) is 35.4 Å². The van der Waals surface area contributed by atoms with Crippen LogP contribution in [0.5, 0.6) is 0 Å². The second-order valence-corrected chi connectivity index (χ2v) is 5.71. The zero-order chi connectivity index (χ0) is 12.7. The van der Waals surface area contributed by atoms with Gasteiger partial charge in [-0.3, -0.25) is 0 Å². The maximum Gasteiger partial charge on any atom is 0.416 e. The summed E-state index contributed by atoms with van der Waals surface area (Å²) in [6.45, 7) is 1.85. The van der Waals surface area contributed by atoms with Gasteiger partial charge in [0.2, 0.25) is 0 Å². The van der Waals surface area contributed by atoms with Crippen LogP contribution in [0.15, 0.2) is 24.3 Å². The average Bonchev–Trinajstić information content (AvgIpc) is 2.60. The highest BCUT2D eigenvalue weighted by Crippen LogP contribution is 2.44. The van der Waals surface area contributed by atoms with E-state index in [2.05, 4.69) is 0 Å². The lowest BCUT2D eigenvalue weighted by Gasteiger charge is -2.28. The SMILES string of the molecule is CC1SCCC1(O)c1cccc(C(F)(F)F)c1. The maximum absolute atomic E-state index is 12.6. The Morgan fingerprint density at radius 2 is 2.12 bits per heavy atom. The van der Waals surface area contributed by atoms with E-state index in [1.165, 1.54) is 6.07 Å². The van der Waals surface area contributed by atoms with Crippen molar-refractivity contribution in [1.82, 2.24) is 0 Å². The Morgan fingerprint density at radius 3 is 2.65 bits per heavy atom. The molecule has 2 atom stereocenters. The van der Waals surface area contributed by atoms with E-state index < -0.39 is 17.3 Å². The number of alkyl halides is 3. The Balaban J connectivity index is 2.40. The highest BCUT2D eigenvalue weighted by atomic mass is 32.2. The summed E-state index contributed by atoms with van der Waals surface area (Å²) in [5, 5.41) is 10.4. The molecule has 1 aliphatic heterocycles. The van der Waals surface area contributed by atoms with E-state index >= 15 is 0 Å². The molecule has 5 heteroatoms. The largest absolute Gasteiger partial charge is 0.416 e. The van der Waals surface area contributed by atoms with Crippen molar-refractivity contribution in [2.75, 3.05) is 5.75 Å². The summed E-state index contributed by atoms with van der Waals surface area (Å²) in [7, 11) is 0. The first-order chi connectivity index (χ1) is 7.84. The molecular formula is C12H13F3OS. The van der Waals surface area contributed by atoms with E-state index in [9.17, 15) is 18.3 Å². The minimum atomic E-state index is -4.36.